The molecule has 1 N–H and O–H groups in total. The maximum absolute atomic E-state index is 12.1. The van der Waals surface area contributed by atoms with Crippen LogP contribution in [0.1, 0.15) is 17.9 Å². The number of hydrogen-bond donors (Lipinski definition) is 1. The van der Waals surface area contributed by atoms with Crippen LogP contribution in [0.15, 0.2) is 21.9 Å². The van der Waals surface area contributed by atoms with Crippen LogP contribution < -0.4 is 5.32 Å². The lowest BCUT2D eigenvalue weighted by Crippen LogP contribution is -2.41. The SMILES string of the molecule is Cc1ccc(-c2nc(CN(C)CC(=O)NC3CCS(=O)(=O)C3)cs2)o1. The summed E-state index contributed by atoms with van der Waals surface area (Å²) in [6.45, 7) is 2.62. The van der Waals surface area contributed by atoms with Crippen molar-refractivity contribution in [2.45, 2.75) is 25.9 Å². The van der Waals surface area contributed by atoms with Crippen LogP contribution in [0, 0.1) is 6.92 Å². The van der Waals surface area contributed by atoms with E-state index in [-0.39, 0.29) is 30.0 Å². The van der Waals surface area contributed by atoms with E-state index in [0.717, 1.165) is 22.2 Å². The number of rotatable bonds is 6. The number of nitrogens with one attached hydrogen (secondary N) is 1. The molecule has 1 aliphatic rings. The quantitative estimate of drug-likeness (QED) is 0.812. The number of hydrogen-bond acceptors (Lipinski definition) is 7. The Labute approximate surface area is 151 Å². The maximum atomic E-state index is 12.1. The zero-order chi connectivity index (χ0) is 18.0. The highest BCUT2D eigenvalue weighted by molar-refractivity contribution is 7.91. The van der Waals surface area contributed by atoms with Gasteiger partial charge in [0.2, 0.25) is 5.91 Å². The summed E-state index contributed by atoms with van der Waals surface area (Å²) in [5.74, 6) is 1.62. The molecule has 0 aromatic carbocycles. The van der Waals surface area contributed by atoms with Crippen LogP contribution in [0.3, 0.4) is 0 Å². The predicted octanol–water partition coefficient (Wildman–Crippen LogP) is 1.45. The highest BCUT2D eigenvalue weighted by atomic mass is 32.2. The minimum absolute atomic E-state index is 0.0421. The molecule has 2 aromatic rings. The van der Waals surface area contributed by atoms with Crippen molar-refractivity contribution in [2.24, 2.45) is 0 Å². The molecule has 1 atom stereocenters. The van der Waals surface area contributed by atoms with E-state index in [1.54, 1.807) is 0 Å². The van der Waals surface area contributed by atoms with Crippen LogP contribution in [-0.4, -0.2) is 55.3 Å². The van der Waals surface area contributed by atoms with Crippen LogP contribution in [0.25, 0.3) is 10.8 Å². The van der Waals surface area contributed by atoms with Crippen molar-refractivity contribution in [2.75, 3.05) is 25.1 Å². The molecule has 136 valence electrons. The van der Waals surface area contributed by atoms with Crippen LogP contribution in [0.2, 0.25) is 0 Å². The van der Waals surface area contributed by atoms with Crippen molar-refractivity contribution in [3.05, 3.63) is 29.0 Å². The van der Waals surface area contributed by atoms with Crippen molar-refractivity contribution in [1.29, 1.82) is 0 Å². The number of amides is 1. The first-order chi connectivity index (χ1) is 11.8. The Morgan fingerprint density at radius 1 is 1.48 bits per heavy atom. The third-order valence-corrected chi connectivity index (χ3v) is 6.62. The molecule has 2 aromatic heterocycles. The van der Waals surface area contributed by atoms with Crippen LogP contribution in [-0.2, 0) is 21.2 Å². The molecule has 0 bridgehead atoms. The van der Waals surface area contributed by atoms with Gasteiger partial charge in [-0.2, -0.15) is 0 Å². The summed E-state index contributed by atoms with van der Waals surface area (Å²) in [6, 6.07) is 3.53. The van der Waals surface area contributed by atoms with E-state index in [9.17, 15) is 13.2 Å². The zero-order valence-corrected chi connectivity index (χ0v) is 15.8. The Morgan fingerprint density at radius 2 is 2.28 bits per heavy atom. The Balaban J connectivity index is 1.50. The van der Waals surface area contributed by atoms with Gasteiger partial charge in [0.1, 0.15) is 5.76 Å². The molecule has 0 radical (unpaired) electrons. The summed E-state index contributed by atoms with van der Waals surface area (Å²) in [7, 11) is -1.15. The summed E-state index contributed by atoms with van der Waals surface area (Å²) in [5, 5.41) is 5.56. The maximum Gasteiger partial charge on any atom is 0.234 e. The lowest BCUT2D eigenvalue weighted by Gasteiger charge is -2.17. The Hall–Kier alpha value is -1.71. The molecule has 1 amide bonds. The smallest absolute Gasteiger partial charge is 0.234 e. The average molecular weight is 383 g/mol. The monoisotopic (exact) mass is 383 g/mol. The highest BCUT2D eigenvalue weighted by Crippen LogP contribution is 2.25. The first-order valence-corrected chi connectivity index (χ1v) is 10.7. The second-order valence-corrected chi connectivity index (χ2v) is 9.48. The number of thiazole rings is 1. The van der Waals surface area contributed by atoms with Gasteiger partial charge in [-0.25, -0.2) is 13.4 Å². The molecule has 25 heavy (non-hydrogen) atoms. The molecular formula is C16H21N3O4S2. The molecule has 1 aliphatic heterocycles. The summed E-state index contributed by atoms with van der Waals surface area (Å²) in [5.41, 5.74) is 0.868. The molecule has 3 heterocycles. The summed E-state index contributed by atoms with van der Waals surface area (Å²) in [4.78, 5) is 18.4. The molecule has 1 saturated heterocycles. The van der Waals surface area contributed by atoms with Crippen LogP contribution in [0.4, 0.5) is 0 Å². The molecular weight excluding hydrogens is 362 g/mol. The molecule has 0 saturated carbocycles. The predicted molar refractivity (Wildman–Crippen MR) is 96.1 cm³/mol. The lowest BCUT2D eigenvalue weighted by atomic mass is 10.2. The minimum atomic E-state index is -2.99. The van der Waals surface area contributed by atoms with Gasteiger partial charge in [0.25, 0.3) is 0 Å². The third-order valence-electron chi connectivity index (χ3n) is 3.95. The third kappa shape index (κ3) is 4.90. The number of nitrogens with zero attached hydrogens (tertiary/aromatic N) is 2. The molecule has 0 aliphatic carbocycles. The van der Waals surface area contributed by atoms with Gasteiger partial charge in [0.05, 0.1) is 23.7 Å². The van der Waals surface area contributed by atoms with E-state index in [1.165, 1.54) is 11.3 Å². The van der Waals surface area contributed by atoms with E-state index >= 15 is 0 Å². The number of carbonyl (C=O) groups excluding carboxylic acids is 1. The van der Waals surface area contributed by atoms with E-state index < -0.39 is 9.84 Å². The standard InChI is InChI=1S/C16H21N3O4S2/c1-11-3-4-14(23-11)16-18-13(9-24-16)7-19(2)8-15(20)17-12-5-6-25(21,22)10-12/h3-4,9,12H,5-8,10H2,1-2H3,(H,17,20). The Morgan fingerprint density at radius 3 is 2.92 bits per heavy atom. The topological polar surface area (TPSA) is 92.5 Å². The molecule has 0 spiro atoms. The summed E-state index contributed by atoms with van der Waals surface area (Å²) < 4.78 is 28.4. The van der Waals surface area contributed by atoms with Gasteiger partial charge < -0.3 is 9.73 Å². The minimum Gasteiger partial charge on any atom is -0.459 e. The van der Waals surface area contributed by atoms with E-state index in [2.05, 4.69) is 10.3 Å². The van der Waals surface area contributed by atoms with Crippen LogP contribution >= 0.6 is 11.3 Å². The summed E-state index contributed by atoms with van der Waals surface area (Å²) >= 11 is 1.50. The first kappa shape index (κ1) is 18.1. The molecule has 1 fully saturated rings. The van der Waals surface area contributed by atoms with E-state index in [0.29, 0.717) is 13.0 Å². The van der Waals surface area contributed by atoms with Crippen LogP contribution in [0.5, 0.6) is 0 Å². The van der Waals surface area contributed by atoms with Gasteiger partial charge in [0, 0.05) is 18.0 Å². The van der Waals surface area contributed by atoms with Gasteiger partial charge in [-0.15, -0.1) is 11.3 Å². The Kier molecular flexibility index (Phi) is 5.26. The highest BCUT2D eigenvalue weighted by Gasteiger charge is 2.29. The van der Waals surface area contributed by atoms with Gasteiger partial charge in [-0.3, -0.25) is 9.69 Å². The molecule has 3 rings (SSSR count). The van der Waals surface area contributed by atoms with Gasteiger partial charge in [-0.1, -0.05) is 0 Å². The molecule has 9 heteroatoms. The second kappa shape index (κ2) is 7.27. The zero-order valence-electron chi connectivity index (χ0n) is 14.2. The fourth-order valence-electron chi connectivity index (χ4n) is 2.80. The summed E-state index contributed by atoms with van der Waals surface area (Å²) in [6.07, 6.45) is 0.496. The first-order valence-electron chi connectivity index (χ1n) is 8.00. The number of aryl methyl sites for hydroxylation is 1. The lowest BCUT2D eigenvalue weighted by molar-refractivity contribution is -0.122. The average Bonchev–Trinajstić information content (AvgIpc) is 3.19. The number of likely N-dealkylation sites (N-methyl/N-ethyl adjacent to an activating group) is 1. The number of aromatic nitrogens is 1. The number of furan rings is 1. The van der Waals surface area contributed by atoms with Gasteiger partial charge >= 0.3 is 0 Å². The molecule has 1 unspecified atom stereocenters. The second-order valence-electron chi connectivity index (χ2n) is 6.39. The molecule has 7 nitrogen and oxygen atoms in total. The largest absolute Gasteiger partial charge is 0.459 e. The van der Waals surface area contributed by atoms with E-state index in [4.69, 9.17) is 4.42 Å². The van der Waals surface area contributed by atoms with Crippen molar-refractivity contribution < 1.29 is 17.6 Å². The Bertz CT molecular complexity index is 856. The van der Waals surface area contributed by atoms with Crippen molar-refractivity contribution >= 4 is 27.1 Å². The fourth-order valence-corrected chi connectivity index (χ4v) is 5.25. The van der Waals surface area contributed by atoms with Gasteiger partial charge in [0.15, 0.2) is 20.6 Å². The van der Waals surface area contributed by atoms with Crippen molar-refractivity contribution in [3.8, 4) is 10.8 Å². The fraction of sp³-hybridized carbons (Fsp3) is 0.500. The number of carbonyl (C=O) groups is 1. The van der Waals surface area contributed by atoms with E-state index in [1.807, 2.05) is 36.4 Å². The van der Waals surface area contributed by atoms with Gasteiger partial charge in [-0.05, 0) is 32.5 Å². The number of sulfone groups is 1. The normalized spacial score (nSPS) is 19.4. The van der Waals surface area contributed by atoms with Crippen molar-refractivity contribution in [1.82, 2.24) is 15.2 Å². The van der Waals surface area contributed by atoms with Crippen molar-refractivity contribution in [3.63, 3.8) is 0 Å².